The minimum Gasteiger partial charge on any atom is -0.493 e. The van der Waals surface area contributed by atoms with Crippen LogP contribution in [0.3, 0.4) is 0 Å². The highest BCUT2D eigenvalue weighted by atomic mass is 127. The Morgan fingerprint density at radius 3 is 2.42 bits per heavy atom. The van der Waals surface area contributed by atoms with Crippen LogP contribution in [0.2, 0.25) is 5.02 Å². The van der Waals surface area contributed by atoms with Crippen LogP contribution in [0, 0.1) is 10.5 Å². The highest BCUT2D eigenvalue weighted by Crippen LogP contribution is 2.39. The van der Waals surface area contributed by atoms with Crippen LogP contribution in [0.1, 0.15) is 16.7 Å². The summed E-state index contributed by atoms with van der Waals surface area (Å²) in [5.74, 6) is 0.809. The number of thioether (sulfide) groups is 1. The Kier molecular flexibility index (Phi) is 7.31. The fourth-order valence-corrected chi connectivity index (χ4v) is 4.98. The van der Waals surface area contributed by atoms with Crippen molar-refractivity contribution in [3.05, 3.63) is 90.9 Å². The average Bonchev–Trinajstić information content (AvgIpc) is 3.07. The summed E-state index contributed by atoms with van der Waals surface area (Å²) in [7, 11) is 1.57. The van der Waals surface area contributed by atoms with Gasteiger partial charge in [-0.05, 0) is 94.9 Å². The molecule has 0 radical (unpaired) electrons. The zero-order chi connectivity index (χ0) is 23.5. The van der Waals surface area contributed by atoms with Crippen LogP contribution in [-0.4, -0.2) is 18.3 Å². The first-order valence-corrected chi connectivity index (χ1v) is 12.2. The second-order valence-corrected chi connectivity index (χ2v) is 9.89. The van der Waals surface area contributed by atoms with Gasteiger partial charge in [-0.2, -0.15) is 0 Å². The Labute approximate surface area is 214 Å². The Balaban J connectivity index is 1.57. The van der Waals surface area contributed by atoms with Crippen LogP contribution >= 0.6 is 46.0 Å². The van der Waals surface area contributed by atoms with Gasteiger partial charge in [-0.1, -0.05) is 41.4 Å². The summed E-state index contributed by atoms with van der Waals surface area (Å²) in [5.41, 5.74) is 3.46. The number of imide groups is 1. The second kappa shape index (κ2) is 10.2. The van der Waals surface area contributed by atoms with Crippen molar-refractivity contribution in [1.29, 1.82) is 0 Å². The van der Waals surface area contributed by atoms with Crippen LogP contribution < -0.4 is 14.4 Å². The van der Waals surface area contributed by atoms with Crippen LogP contribution in [0.15, 0.2) is 65.6 Å². The van der Waals surface area contributed by atoms with E-state index >= 15 is 0 Å². The highest BCUT2D eigenvalue weighted by molar-refractivity contribution is 14.1. The normalized spacial score (nSPS) is 14.8. The number of hydrogen-bond donors (Lipinski definition) is 0. The van der Waals surface area contributed by atoms with Crippen LogP contribution in [0.5, 0.6) is 11.5 Å². The lowest BCUT2D eigenvalue weighted by Gasteiger charge is -2.14. The van der Waals surface area contributed by atoms with Crippen LogP contribution in [0.25, 0.3) is 6.08 Å². The van der Waals surface area contributed by atoms with Crippen LogP contribution in [-0.2, 0) is 11.4 Å². The van der Waals surface area contributed by atoms with E-state index in [1.165, 1.54) is 5.56 Å². The molecule has 8 heteroatoms. The second-order valence-electron chi connectivity index (χ2n) is 7.30. The van der Waals surface area contributed by atoms with Gasteiger partial charge in [0.05, 0.1) is 21.3 Å². The van der Waals surface area contributed by atoms with Crippen LogP contribution in [0.4, 0.5) is 10.5 Å². The number of carbonyl (C=O) groups is 2. The van der Waals surface area contributed by atoms with Gasteiger partial charge in [-0.15, -0.1) is 0 Å². The molecule has 3 aromatic rings. The molecule has 168 valence electrons. The summed E-state index contributed by atoms with van der Waals surface area (Å²) in [6, 6.07) is 18.4. The summed E-state index contributed by atoms with van der Waals surface area (Å²) >= 11 is 9.00. The lowest BCUT2D eigenvalue weighted by atomic mass is 10.1. The topological polar surface area (TPSA) is 55.8 Å². The van der Waals surface area contributed by atoms with E-state index in [0.29, 0.717) is 33.7 Å². The number of halogens is 2. The maximum Gasteiger partial charge on any atom is 0.298 e. The Morgan fingerprint density at radius 2 is 1.76 bits per heavy atom. The number of ether oxygens (including phenoxy) is 2. The number of aryl methyl sites for hydroxylation is 1. The van der Waals surface area contributed by atoms with Crippen molar-refractivity contribution in [1.82, 2.24) is 0 Å². The maximum absolute atomic E-state index is 12.9. The fraction of sp³-hybridized carbons (Fsp3) is 0.120. The molecule has 2 amide bonds. The molecular weight excluding hydrogens is 573 g/mol. The van der Waals surface area contributed by atoms with Crippen molar-refractivity contribution in [3.63, 3.8) is 0 Å². The van der Waals surface area contributed by atoms with E-state index in [0.717, 1.165) is 31.4 Å². The molecule has 4 rings (SSSR count). The van der Waals surface area contributed by atoms with E-state index in [1.807, 2.05) is 37.3 Å². The third-order valence-corrected chi connectivity index (χ3v) is 6.85. The smallest absolute Gasteiger partial charge is 0.298 e. The number of benzene rings is 3. The first-order valence-electron chi connectivity index (χ1n) is 9.95. The fourth-order valence-electron chi connectivity index (χ4n) is 3.23. The number of rotatable bonds is 6. The van der Waals surface area contributed by atoms with E-state index in [-0.39, 0.29) is 11.1 Å². The van der Waals surface area contributed by atoms with Gasteiger partial charge in [0.2, 0.25) is 0 Å². The monoisotopic (exact) mass is 591 g/mol. The summed E-state index contributed by atoms with van der Waals surface area (Å²) in [4.78, 5) is 26.9. The standard InChI is InChI=1S/C25H19ClINO4S/c1-15-3-5-16(6-4-15)14-32-23-20(27)11-17(12-21(23)31-2)13-22-24(29)28(25(30)33-22)19-9-7-18(26)8-10-19/h3-13H,14H2,1-2H3/b22-13+. The van der Waals surface area contributed by atoms with Gasteiger partial charge < -0.3 is 9.47 Å². The lowest BCUT2D eigenvalue weighted by Crippen LogP contribution is -2.27. The molecule has 0 saturated carbocycles. The minimum atomic E-state index is -0.374. The molecule has 0 unspecified atom stereocenters. The van der Waals surface area contributed by atoms with Crippen molar-refractivity contribution in [3.8, 4) is 11.5 Å². The van der Waals surface area contributed by atoms with Crippen molar-refractivity contribution in [2.75, 3.05) is 12.0 Å². The van der Waals surface area contributed by atoms with Gasteiger partial charge in [0.15, 0.2) is 11.5 Å². The molecule has 1 aliphatic heterocycles. The Bertz CT molecular complexity index is 1240. The maximum atomic E-state index is 12.9. The third kappa shape index (κ3) is 5.37. The number of carbonyl (C=O) groups excluding carboxylic acids is 2. The predicted molar refractivity (Wildman–Crippen MR) is 141 cm³/mol. The minimum absolute atomic E-state index is 0.334. The lowest BCUT2D eigenvalue weighted by molar-refractivity contribution is -0.113. The third-order valence-electron chi connectivity index (χ3n) is 4.93. The molecule has 1 saturated heterocycles. The first-order chi connectivity index (χ1) is 15.9. The van der Waals surface area contributed by atoms with E-state index in [9.17, 15) is 9.59 Å². The molecule has 1 heterocycles. The molecule has 0 N–H and O–H groups in total. The van der Waals surface area contributed by atoms with Crippen molar-refractivity contribution in [2.24, 2.45) is 0 Å². The number of anilines is 1. The first kappa shape index (κ1) is 23.7. The molecule has 0 aliphatic carbocycles. The molecule has 0 spiro atoms. The predicted octanol–water partition coefficient (Wildman–Crippen LogP) is 7.08. The van der Waals surface area contributed by atoms with E-state index in [2.05, 4.69) is 22.6 Å². The number of methoxy groups -OCH3 is 1. The van der Waals surface area contributed by atoms with Gasteiger partial charge >= 0.3 is 0 Å². The molecular formula is C25H19ClINO4S. The summed E-state index contributed by atoms with van der Waals surface area (Å²) < 4.78 is 12.4. The van der Waals surface area contributed by atoms with Gasteiger partial charge in [-0.25, -0.2) is 4.90 Å². The molecule has 5 nitrogen and oxygen atoms in total. The Morgan fingerprint density at radius 1 is 1.06 bits per heavy atom. The molecule has 1 aliphatic rings. The Hall–Kier alpha value is -2.49. The SMILES string of the molecule is COc1cc(/C=C2/SC(=O)N(c3ccc(Cl)cc3)C2=O)cc(I)c1OCc1ccc(C)cc1. The zero-order valence-electron chi connectivity index (χ0n) is 17.8. The summed E-state index contributed by atoms with van der Waals surface area (Å²) in [6.07, 6.45) is 1.69. The number of hydrogen-bond acceptors (Lipinski definition) is 5. The molecule has 33 heavy (non-hydrogen) atoms. The molecule has 1 fully saturated rings. The quantitative estimate of drug-likeness (QED) is 0.227. The van der Waals surface area contributed by atoms with Gasteiger partial charge in [-0.3, -0.25) is 9.59 Å². The zero-order valence-corrected chi connectivity index (χ0v) is 21.5. The number of amides is 2. The summed E-state index contributed by atoms with van der Waals surface area (Å²) in [6.45, 7) is 2.45. The highest BCUT2D eigenvalue weighted by Gasteiger charge is 2.36. The molecule has 3 aromatic carbocycles. The van der Waals surface area contributed by atoms with E-state index < -0.39 is 0 Å². The largest absolute Gasteiger partial charge is 0.493 e. The van der Waals surface area contributed by atoms with Crippen molar-refractivity contribution < 1.29 is 19.1 Å². The number of nitrogens with zero attached hydrogens (tertiary/aromatic N) is 1. The average molecular weight is 592 g/mol. The van der Waals surface area contributed by atoms with E-state index in [4.69, 9.17) is 21.1 Å². The summed E-state index contributed by atoms with van der Waals surface area (Å²) in [5, 5.41) is 0.181. The molecule has 0 aromatic heterocycles. The van der Waals surface area contributed by atoms with Gasteiger partial charge in [0.25, 0.3) is 11.1 Å². The molecule has 0 bridgehead atoms. The van der Waals surface area contributed by atoms with E-state index in [1.54, 1.807) is 43.5 Å². The van der Waals surface area contributed by atoms with Crippen molar-refractivity contribution in [2.45, 2.75) is 13.5 Å². The van der Waals surface area contributed by atoms with Gasteiger partial charge in [0.1, 0.15) is 6.61 Å². The van der Waals surface area contributed by atoms with Crippen molar-refractivity contribution >= 4 is 68.9 Å². The molecule has 0 atom stereocenters. The van der Waals surface area contributed by atoms with Gasteiger partial charge in [0, 0.05) is 5.02 Å².